The molecule has 0 saturated carbocycles. The number of hydrogen-bond donors (Lipinski definition) is 1. The monoisotopic (exact) mass is 183 g/mol. The highest BCUT2D eigenvalue weighted by atomic mass is 14.9. The van der Waals surface area contributed by atoms with Gasteiger partial charge >= 0.3 is 0 Å². The van der Waals surface area contributed by atoms with Crippen molar-refractivity contribution >= 4 is 0 Å². The van der Waals surface area contributed by atoms with Gasteiger partial charge in [-0.05, 0) is 37.8 Å². The Bertz CT molecular complexity index is 116. The van der Waals surface area contributed by atoms with Crippen molar-refractivity contribution in [2.45, 2.75) is 52.4 Å². The lowest BCUT2D eigenvalue weighted by molar-refractivity contribution is 0.351. The average molecular weight is 183 g/mol. The third-order valence-electron chi connectivity index (χ3n) is 3.37. The molecule has 1 aliphatic rings. The number of unbranched alkanes of at least 4 members (excludes halogenated alkanes) is 1. The molecule has 1 aliphatic heterocycles. The lowest BCUT2D eigenvalue weighted by atomic mass is 9.88. The van der Waals surface area contributed by atoms with E-state index in [4.69, 9.17) is 0 Å². The maximum absolute atomic E-state index is 3.46. The maximum Gasteiger partial charge on any atom is -0.00199 e. The Morgan fingerprint density at radius 3 is 2.77 bits per heavy atom. The van der Waals surface area contributed by atoms with Crippen LogP contribution in [0.25, 0.3) is 0 Å². The van der Waals surface area contributed by atoms with Crippen LogP contribution in [-0.2, 0) is 0 Å². The Morgan fingerprint density at radius 2 is 2.23 bits per heavy atom. The predicted molar refractivity (Wildman–Crippen MR) is 58.9 cm³/mol. The standard InChI is InChI=1S/C12H25N/c1-3-5-6-11(4-2)9-12-7-8-13-10-12/h11-13H,3-10H2,1-2H3/t11-,12-/m0/s1. The van der Waals surface area contributed by atoms with Crippen LogP contribution in [0.2, 0.25) is 0 Å². The summed E-state index contributed by atoms with van der Waals surface area (Å²) in [5, 5.41) is 3.46. The summed E-state index contributed by atoms with van der Waals surface area (Å²) in [6.45, 7) is 7.18. The molecule has 0 aliphatic carbocycles. The number of rotatable bonds is 6. The summed E-state index contributed by atoms with van der Waals surface area (Å²) in [4.78, 5) is 0. The fourth-order valence-electron chi connectivity index (χ4n) is 2.37. The SMILES string of the molecule is CCCC[C@H](CC)C[C@@H]1CCNC1. The smallest absolute Gasteiger partial charge is 0.00199 e. The van der Waals surface area contributed by atoms with Crippen LogP contribution in [0, 0.1) is 11.8 Å². The Labute approximate surface area is 83.3 Å². The predicted octanol–water partition coefficient (Wildman–Crippen LogP) is 3.20. The van der Waals surface area contributed by atoms with Crippen molar-refractivity contribution in [3.05, 3.63) is 0 Å². The second kappa shape index (κ2) is 6.42. The van der Waals surface area contributed by atoms with Crippen molar-refractivity contribution in [2.75, 3.05) is 13.1 Å². The largest absolute Gasteiger partial charge is 0.316 e. The molecule has 0 unspecified atom stereocenters. The minimum atomic E-state index is 0.988. The zero-order chi connectivity index (χ0) is 9.52. The van der Waals surface area contributed by atoms with Crippen molar-refractivity contribution in [3.8, 4) is 0 Å². The topological polar surface area (TPSA) is 12.0 Å². The molecule has 1 N–H and O–H groups in total. The van der Waals surface area contributed by atoms with Gasteiger partial charge in [0.1, 0.15) is 0 Å². The molecule has 1 heteroatoms. The van der Waals surface area contributed by atoms with E-state index < -0.39 is 0 Å². The number of hydrogen-bond acceptors (Lipinski definition) is 1. The molecular weight excluding hydrogens is 158 g/mol. The molecule has 13 heavy (non-hydrogen) atoms. The minimum Gasteiger partial charge on any atom is -0.316 e. The first-order chi connectivity index (χ1) is 6.36. The summed E-state index contributed by atoms with van der Waals surface area (Å²) in [6.07, 6.45) is 8.53. The van der Waals surface area contributed by atoms with Gasteiger partial charge in [0.25, 0.3) is 0 Å². The van der Waals surface area contributed by atoms with Gasteiger partial charge in [-0.15, -0.1) is 0 Å². The third kappa shape index (κ3) is 4.12. The summed E-state index contributed by atoms with van der Waals surface area (Å²) in [7, 11) is 0. The first kappa shape index (κ1) is 11.0. The summed E-state index contributed by atoms with van der Waals surface area (Å²) in [5.41, 5.74) is 0. The lowest BCUT2D eigenvalue weighted by Gasteiger charge is -2.18. The molecule has 0 spiro atoms. The molecule has 0 radical (unpaired) electrons. The van der Waals surface area contributed by atoms with Crippen LogP contribution in [0.4, 0.5) is 0 Å². The Balaban J connectivity index is 2.13. The van der Waals surface area contributed by atoms with Gasteiger partial charge in [-0.1, -0.05) is 39.5 Å². The molecular formula is C12H25N. The summed E-state index contributed by atoms with van der Waals surface area (Å²) in [6, 6.07) is 0. The summed E-state index contributed by atoms with van der Waals surface area (Å²) >= 11 is 0. The van der Waals surface area contributed by atoms with Gasteiger partial charge in [0.2, 0.25) is 0 Å². The zero-order valence-corrected chi connectivity index (χ0v) is 9.31. The van der Waals surface area contributed by atoms with E-state index in [1.165, 1.54) is 51.6 Å². The van der Waals surface area contributed by atoms with Crippen molar-refractivity contribution < 1.29 is 0 Å². The molecule has 0 amide bonds. The van der Waals surface area contributed by atoms with Gasteiger partial charge in [-0.3, -0.25) is 0 Å². The van der Waals surface area contributed by atoms with Gasteiger partial charge in [0, 0.05) is 0 Å². The van der Waals surface area contributed by atoms with Crippen LogP contribution in [0.1, 0.15) is 52.4 Å². The molecule has 0 bridgehead atoms. The van der Waals surface area contributed by atoms with Crippen LogP contribution in [0.15, 0.2) is 0 Å². The van der Waals surface area contributed by atoms with Gasteiger partial charge < -0.3 is 5.32 Å². The van der Waals surface area contributed by atoms with Crippen LogP contribution < -0.4 is 5.32 Å². The first-order valence-electron chi connectivity index (χ1n) is 6.07. The molecule has 78 valence electrons. The molecule has 0 aromatic carbocycles. The van der Waals surface area contributed by atoms with E-state index in [1.54, 1.807) is 0 Å². The first-order valence-corrected chi connectivity index (χ1v) is 6.07. The molecule has 2 atom stereocenters. The van der Waals surface area contributed by atoms with Gasteiger partial charge in [-0.2, -0.15) is 0 Å². The summed E-state index contributed by atoms with van der Waals surface area (Å²) < 4.78 is 0. The maximum atomic E-state index is 3.46. The number of nitrogens with one attached hydrogen (secondary N) is 1. The molecule has 0 aromatic heterocycles. The van der Waals surface area contributed by atoms with E-state index >= 15 is 0 Å². The second-order valence-electron chi connectivity index (χ2n) is 4.51. The zero-order valence-electron chi connectivity index (χ0n) is 9.31. The van der Waals surface area contributed by atoms with E-state index in [0.717, 1.165) is 11.8 Å². The molecule has 1 rings (SSSR count). The molecule has 0 aromatic rings. The quantitative estimate of drug-likeness (QED) is 0.667. The van der Waals surface area contributed by atoms with Crippen molar-refractivity contribution in [1.29, 1.82) is 0 Å². The Kier molecular flexibility index (Phi) is 5.45. The second-order valence-corrected chi connectivity index (χ2v) is 4.51. The van der Waals surface area contributed by atoms with Crippen molar-refractivity contribution in [1.82, 2.24) is 5.32 Å². The van der Waals surface area contributed by atoms with Crippen LogP contribution >= 0.6 is 0 Å². The fraction of sp³-hybridized carbons (Fsp3) is 1.00. The minimum absolute atomic E-state index is 0.988. The highest BCUT2D eigenvalue weighted by Gasteiger charge is 2.18. The molecule has 1 fully saturated rings. The molecule has 1 nitrogen and oxygen atoms in total. The van der Waals surface area contributed by atoms with Crippen LogP contribution in [0.5, 0.6) is 0 Å². The molecule has 1 saturated heterocycles. The van der Waals surface area contributed by atoms with E-state index in [9.17, 15) is 0 Å². The van der Waals surface area contributed by atoms with Crippen LogP contribution in [-0.4, -0.2) is 13.1 Å². The van der Waals surface area contributed by atoms with Crippen LogP contribution in [0.3, 0.4) is 0 Å². The van der Waals surface area contributed by atoms with E-state index in [2.05, 4.69) is 19.2 Å². The highest BCUT2D eigenvalue weighted by Crippen LogP contribution is 2.24. The Hall–Kier alpha value is -0.0400. The van der Waals surface area contributed by atoms with E-state index in [-0.39, 0.29) is 0 Å². The third-order valence-corrected chi connectivity index (χ3v) is 3.37. The van der Waals surface area contributed by atoms with Gasteiger partial charge in [-0.25, -0.2) is 0 Å². The normalized spacial score (nSPS) is 24.9. The van der Waals surface area contributed by atoms with Crippen molar-refractivity contribution in [2.24, 2.45) is 11.8 Å². The van der Waals surface area contributed by atoms with E-state index in [1.807, 2.05) is 0 Å². The van der Waals surface area contributed by atoms with E-state index in [0.29, 0.717) is 0 Å². The summed E-state index contributed by atoms with van der Waals surface area (Å²) in [5.74, 6) is 1.99. The fourth-order valence-corrected chi connectivity index (χ4v) is 2.37. The van der Waals surface area contributed by atoms with Gasteiger partial charge in [0.05, 0.1) is 0 Å². The lowest BCUT2D eigenvalue weighted by Crippen LogP contribution is -2.12. The highest BCUT2D eigenvalue weighted by molar-refractivity contribution is 4.74. The van der Waals surface area contributed by atoms with Gasteiger partial charge in [0.15, 0.2) is 0 Å². The van der Waals surface area contributed by atoms with Crippen molar-refractivity contribution in [3.63, 3.8) is 0 Å². The Morgan fingerprint density at radius 1 is 1.38 bits per heavy atom. The average Bonchev–Trinajstić information content (AvgIpc) is 2.64. The molecule has 1 heterocycles.